The summed E-state index contributed by atoms with van der Waals surface area (Å²) in [6.07, 6.45) is 0. The van der Waals surface area contributed by atoms with Crippen LogP contribution in [0.4, 0.5) is 0 Å². The minimum atomic E-state index is -1.06. The number of carbonyl (C=O) groups is 2. The fraction of sp³-hybridized carbons (Fsp3) is 0.308. The van der Waals surface area contributed by atoms with Gasteiger partial charge in [0.15, 0.2) is 11.8 Å². The second-order valence-electron chi connectivity index (χ2n) is 4.05. The van der Waals surface area contributed by atoms with Gasteiger partial charge in [0.2, 0.25) is 0 Å². The topological polar surface area (TPSA) is 88.0 Å². The number of hydrazone groups is 1. The number of carboxylic acid groups (broad SMARTS) is 1. The molecule has 2 atom stereocenters. The normalized spacial score (nSPS) is 21.4. The average molecular weight is 262 g/mol. The Morgan fingerprint density at radius 1 is 1.37 bits per heavy atom. The first kappa shape index (κ1) is 13.1. The van der Waals surface area contributed by atoms with Gasteiger partial charge in [0.05, 0.1) is 12.5 Å². The van der Waals surface area contributed by atoms with Crippen LogP contribution < -0.4 is 5.43 Å². The molecule has 0 saturated carbocycles. The summed E-state index contributed by atoms with van der Waals surface area (Å²) in [5, 5.41) is 13.0. The Morgan fingerprint density at radius 2 is 2.05 bits per heavy atom. The fourth-order valence-electron chi connectivity index (χ4n) is 2.03. The van der Waals surface area contributed by atoms with Crippen LogP contribution in [-0.4, -0.2) is 35.4 Å². The molecule has 0 radical (unpaired) electrons. The Bertz CT molecular complexity index is 513. The van der Waals surface area contributed by atoms with Crippen LogP contribution in [-0.2, 0) is 14.3 Å². The molecule has 2 N–H and O–H groups in total. The second-order valence-corrected chi connectivity index (χ2v) is 4.05. The third-order valence-corrected chi connectivity index (χ3v) is 2.86. The minimum Gasteiger partial charge on any atom is -0.480 e. The van der Waals surface area contributed by atoms with Gasteiger partial charge in [0, 0.05) is 0 Å². The van der Waals surface area contributed by atoms with Gasteiger partial charge < -0.3 is 9.84 Å². The van der Waals surface area contributed by atoms with Crippen LogP contribution in [0.15, 0.2) is 35.4 Å². The van der Waals surface area contributed by atoms with Crippen LogP contribution in [0.25, 0.3) is 0 Å². The first-order chi connectivity index (χ1) is 9.15. The van der Waals surface area contributed by atoms with Gasteiger partial charge in [-0.1, -0.05) is 30.3 Å². The molecule has 19 heavy (non-hydrogen) atoms. The number of hydrogen-bond acceptors (Lipinski definition) is 5. The van der Waals surface area contributed by atoms with E-state index in [9.17, 15) is 14.7 Å². The number of benzene rings is 1. The molecule has 0 aliphatic carbocycles. The SMILES string of the molecule is CCOC(=O)C1=NN[C@@H](C(=O)O)[C@H]1c1ccccc1. The van der Waals surface area contributed by atoms with E-state index < -0.39 is 23.9 Å². The van der Waals surface area contributed by atoms with E-state index in [1.165, 1.54) is 0 Å². The van der Waals surface area contributed by atoms with E-state index in [1.807, 2.05) is 6.07 Å². The number of nitrogens with one attached hydrogen (secondary N) is 1. The summed E-state index contributed by atoms with van der Waals surface area (Å²) in [7, 11) is 0. The average Bonchev–Trinajstić information content (AvgIpc) is 2.85. The van der Waals surface area contributed by atoms with Crippen molar-refractivity contribution in [2.24, 2.45) is 5.10 Å². The molecule has 1 aliphatic heterocycles. The summed E-state index contributed by atoms with van der Waals surface area (Å²) in [5.41, 5.74) is 3.29. The third-order valence-electron chi connectivity index (χ3n) is 2.86. The van der Waals surface area contributed by atoms with Gasteiger partial charge in [-0.2, -0.15) is 5.10 Å². The summed E-state index contributed by atoms with van der Waals surface area (Å²) in [6.45, 7) is 1.91. The van der Waals surface area contributed by atoms with Gasteiger partial charge >= 0.3 is 11.9 Å². The third kappa shape index (κ3) is 2.57. The monoisotopic (exact) mass is 262 g/mol. The van der Waals surface area contributed by atoms with Gasteiger partial charge in [0.25, 0.3) is 0 Å². The van der Waals surface area contributed by atoms with Crippen molar-refractivity contribution >= 4 is 17.7 Å². The van der Waals surface area contributed by atoms with Crippen molar-refractivity contribution in [3.05, 3.63) is 35.9 Å². The summed E-state index contributed by atoms with van der Waals surface area (Å²) in [4.78, 5) is 23.0. The molecule has 0 spiro atoms. The smallest absolute Gasteiger partial charge is 0.355 e. The maximum Gasteiger partial charge on any atom is 0.355 e. The molecular formula is C13H14N2O4. The number of aliphatic carboxylic acids is 1. The number of rotatable bonds is 4. The maximum absolute atomic E-state index is 11.8. The Morgan fingerprint density at radius 3 is 2.63 bits per heavy atom. The molecule has 0 saturated heterocycles. The lowest BCUT2D eigenvalue weighted by molar-refractivity contribution is -0.139. The molecule has 0 bridgehead atoms. The predicted octanol–water partition coefficient (Wildman–Crippen LogP) is 0.746. The summed E-state index contributed by atoms with van der Waals surface area (Å²) >= 11 is 0. The van der Waals surface area contributed by atoms with Gasteiger partial charge in [0.1, 0.15) is 0 Å². The zero-order chi connectivity index (χ0) is 13.8. The fourth-order valence-corrected chi connectivity index (χ4v) is 2.03. The Hall–Kier alpha value is -2.37. The van der Waals surface area contributed by atoms with Crippen molar-refractivity contribution < 1.29 is 19.4 Å². The number of nitrogens with zero attached hydrogens (tertiary/aromatic N) is 1. The van der Waals surface area contributed by atoms with Gasteiger partial charge in [-0.05, 0) is 12.5 Å². The molecule has 1 aromatic rings. The highest BCUT2D eigenvalue weighted by atomic mass is 16.5. The van der Waals surface area contributed by atoms with Crippen LogP contribution in [0.5, 0.6) is 0 Å². The highest BCUT2D eigenvalue weighted by Gasteiger charge is 2.41. The standard InChI is InChI=1S/C13H14N2O4/c1-2-19-13(18)11-9(8-6-4-3-5-7-8)10(12(16)17)14-15-11/h3-7,9-10,14H,2H2,1H3,(H,16,17)/t9-,10-/m1/s1. The highest BCUT2D eigenvalue weighted by molar-refractivity contribution is 6.39. The van der Waals surface area contributed by atoms with Crippen molar-refractivity contribution in [1.29, 1.82) is 0 Å². The summed E-state index contributed by atoms with van der Waals surface area (Å²) < 4.78 is 4.90. The predicted molar refractivity (Wildman–Crippen MR) is 67.8 cm³/mol. The quantitative estimate of drug-likeness (QED) is 0.781. The largest absolute Gasteiger partial charge is 0.480 e. The Labute approximate surface area is 110 Å². The Kier molecular flexibility index (Phi) is 3.79. The van der Waals surface area contributed by atoms with E-state index in [4.69, 9.17) is 4.74 Å². The van der Waals surface area contributed by atoms with Crippen LogP contribution >= 0.6 is 0 Å². The molecule has 6 heteroatoms. The first-order valence-electron chi connectivity index (χ1n) is 5.93. The molecule has 0 aromatic heterocycles. The van der Waals surface area contributed by atoms with Crippen molar-refractivity contribution in [2.75, 3.05) is 6.61 Å². The number of hydrogen-bond donors (Lipinski definition) is 2. The van der Waals surface area contributed by atoms with Crippen molar-refractivity contribution in [1.82, 2.24) is 5.43 Å². The van der Waals surface area contributed by atoms with E-state index in [0.29, 0.717) is 5.56 Å². The molecule has 1 aliphatic rings. The molecule has 0 fully saturated rings. The van der Waals surface area contributed by atoms with Crippen LogP contribution in [0.2, 0.25) is 0 Å². The molecule has 1 aromatic carbocycles. The van der Waals surface area contributed by atoms with E-state index in [2.05, 4.69) is 10.5 Å². The molecule has 0 amide bonds. The van der Waals surface area contributed by atoms with Crippen molar-refractivity contribution in [3.63, 3.8) is 0 Å². The van der Waals surface area contributed by atoms with E-state index >= 15 is 0 Å². The lowest BCUT2D eigenvalue weighted by Gasteiger charge is -2.16. The van der Waals surface area contributed by atoms with Gasteiger partial charge in [-0.25, -0.2) is 9.59 Å². The molecule has 6 nitrogen and oxygen atoms in total. The number of carbonyl (C=O) groups excluding carboxylic acids is 1. The highest BCUT2D eigenvalue weighted by Crippen LogP contribution is 2.26. The van der Waals surface area contributed by atoms with Crippen LogP contribution in [0, 0.1) is 0 Å². The number of carboxylic acids is 1. The molecule has 1 heterocycles. The van der Waals surface area contributed by atoms with Crippen molar-refractivity contribution in [2.45, 2.75) is 18.9 Å². The van der Waals surface area contributed by atoms with E-state index in [0.717, 1.165) is 0 Å². The van der Waals surface area contributed by atoms with Gasteiger partial charge in [-0.15, -0.1) is 0 Å². The molecule has 100 valence electrons. The van der Waals surface area contributed by atoms with E-state index in [-0.39, 0.29) is 12.3 Å². The zero-order valence-corrected chi connectivity index (χ0v) is 10.4. The zero-order valence-electron chi connectivity index (χ0n) is 10.4. The van der Waals surface area contributed by atoms with Crippen LogP contribution in [0.3, 0.4) is 0 Å². The summed E-state index contributed by atoms with van der Waals surface area (Å²) in [5.74, 6) is -2.29. The van der Waals surface area contributed by atoms with Crippen LogP contribution in [0.1, 0.15) is 18.4 Å². The molecule has 2 rings (SSSR count). The summed E-state index contributed by atoms with van der Waals surface area (Å²) in [6, 6.07) is 7.97. The minimum absolute atomic E-state index is 0.0976. The molecule has 0 unspecified atom stereocenters. The van der Waals surface area contributed by atoms with E-state index in [1.54, 1.807) is 31.2 Å². The molecular weight excluding hydrogens is 248 g/mol. The second kappa shape index (κ2) is 5.51. The Balaban J connectivity index is 2.34. The number of esters is 1. The van der Waals surface area contributed by atoms with Crippen molar-refractivity contribution in [3.8, 4) is 0 Å². The van der Waals surface area contributed by atoms with Gasteiger partial charge in [-0.3, -0.25) is 5.43 Å². The lowest BCUT2D eigenvalue weighted by Crippen LogP contribution is -2.37. The number of ether oxygens (including phenoxy) is 1. The lowest BCUT2D eigenvalue weighted by atomic mass is 9.88. The maximum atomic E-state index is 11.8. The first-order valence-corrected chi connectivity index (χ1v) is 5.93.